The number of anilines is 2. The van der Waals surface area contributed by atoms with Crippen LogP contribution in [0.5, 0.6) is 0 Å². The largest absolute Gasteiger partial charge is 0.397 e. The Morgan fingerprint density at radius 1 is 1.37 bits per heavy atom. The number of rotatable bonds is 3. The number of nitro groups is 1. The number of piperazine rings is 1. The second kappa shape index (κ2) is 5.63. The van der Waals surface area contributed by atoms with Crippen molar-refractivity contribution in [2.45, 2.75) is 6.92 Å². The van der Waals surface area contributed by atoms with Crippen molar-refractivity contribution in [3.8, 4) is 0 Å². The Hall–Kier alpha value is -1.53. The second-order valence-electron chi connectivity index (χ2n) is 4.54. The van der Waals surface area contributed by atoms with Crippen molar-refractivity contribution in [3.05, 3.63) is 27.3 Å². The van der Waals surface area contributed by atoms with Gasteiger partial charge in [-0.1, -0.05) is 18.5 Å². The van der Waals surface area contributed by atoms with Crippen molar-refractivity contribution >= 4 is 28.7 Å². The molecular weight excluding hydrogens is 268 g/mol. The van der Waals surface area contributed by atoms with Crippen LogP contribution in [0.1, 0.15) is 6.92 Å². The summed E-state index contributed by atoms with van der Waals surface area (Å²) in [5.41, 5.74) is 6.71. The lowest BCUT2D eigenvalue weighted by molar-refractivity contribution is -0.384. The van der Waals surface area contributed by atoms with E-state index in [0.717, 1.165) is 32.7 Å². The number of likely N-dealkylation sites (N-methyl/N-ethyl adjacent to an activating group) is 1. The third kappa shape index (κ3) is 2.90. The minimum atomic E-state index is -0.410. The van der Waals surface area contributed by atoms with Gasteiger partial charge in [-0.05, 0) is 12.6 Å². The summed E-state index contributed by atoms with van der Waals surface area (Å²) < 4.78 is 0. The van der Waals surface area contributed by atoms with Gasteiger partial charge in [0.1, 0.15) is 5.69 Å². The molecule has 19 heavy (non-hydrogen) atoms. The van der Waals surface area contributed by atoms with Gasteiger partial charge >= 0.3 is 0 Å². The van der Waals surface area contributed by atoms with Crippen molar-refractivity contribution < 1.29 is 4.92 Å². The molecule has 104 valence electrons. The van der Waals surface area contributed by atoms with Crippen LogP contribution in [0.3, 0.4) is 0 Å². The summed E-state index contributed by atoms with van der Waals surface area (Å²) in [6.45, 7) is 6.43. The number of nitrogen functional groups attached to an aromatic ring is 1. The zero-order valence-corrected chi connectivity index (χ0v) is 11.6. The van der Waals surface area contributed by atoms with E-state index in [1.54, 1.807) is 6.07 Å². The molecule has 0 aromatic heterocycles. The molecule has 1 heterocycles. The van der Waals surface area contributed by atoms with E-state index in [0.29, 0.717) is 11.4 Å². The van der Waals surface area contributed by atoms with Gasteiger partial charge in [0, 0.05) is 32.2 Å². The quantitative estimate of drug-likeness (QED) is 0.522. The summed E-state index contributed by atoms with van der Waals surface area (Å²) in [6, 6.07) is 2.93. The number of hydrogen-bond acceptors (Lipinski definition) is 5. The Morgan fingerprint density at radius 2 is 2.00 bits per heavy atom. The Bertz CT molecular complexity index is 487. The van der Waals surface area contributed by atoms with Crippen LogP contribution in [-0.4, -0.2) is 42.5 Å². The van der Waals surface area contributed by atoms with Gasteiger partial charge in [-0.15, -0.1) is 0 Å². The van der Waals surface area contributed by atoms with Gasteiger partial charge in [0.05, 0.1) is 15.6 Å². The third-order valence-electron chi connectivity index (χ3n) is 3.45. The molecule has 2 rings (SSSR count). The van der Waals surface area contributed by atoms with E-state index in [-0.39, 0.29) is 10.7 Å². The molecule has 1 aromatic rings. The molecule has 0 radical (unpaired) electrons. The monoisotopic (exact) mass is 284 g/mol. The van der Waals surface area contributed by atoms with E-state index >= 15 is 0 Å². The van der Waals surface area contributed by atoms with Crippen LogP contribution in [-0.2, 0) is 0 Å². The first-order valence-electron chi connectivity index (χ1n) is 6.23. The third-order valence-corrected chi connectivity index (χ3v) is 3.78. The fourth-order valence-electron chi connectivity index (χ4n) is 2.27. The van der Waals surface area contributed by atoms with Crippen LogP contribution in [0.25, 0.3) is 0 Å². The van der Waals surface area contributed by atoms with Gasteiger partial charge in [0.15, 0.2) is 0 Å². The average Bonchev–Trinajstić information content (AvgIpc) is 2.41. The van der Waals surface area contributed by atoms with Gasteiger partial charge in [-0.2, -0.15) is 0 Å². The number of nitrogens with zero attached hydrogens (tertiary/aromatic N) is 3. The van der Waals surface area contributed by atoms with Crippen LogP contribution in [0.15, 0.2) is 12.1 Å². The lowest BCUT2D eigenvalue weighted by Crippen LogP contribution is -2.46. The smallest absolute Gasteiger partial charge is 0.294 e. The second-order valence-corrected chi connectivity index (χ2v) is 4.95. The van der Waals surface area contributed by atoms with E-state index in [1.165, 1.54) is 6.07 Å². The topological polar surface area (TPSA) is 75.6 Å². The van der Waals surface area contributed by atoms with Crippen molar-refractivity contribution in [2.75, 3.05) is 43.4 Å². The summed E-state index contributed by atoms with van der Waals surface area (Å²) in [6.07, 6.45) is 0. The molecule has 0 saturated carbocycles. The molecule has 2 N–H and O–H groups in total. The first-order valence-corrected chi connectivity index (χ1v) is 6.61. The van der Waals surface area contributed by atoms with Gasteiger partial charge in [0.2, 0.25) is 0 Å². The van der Waals surface area contributed by atoms with Crippen LogP contribution in [0.2, 0.25) is 5.02 Å². The normalized spacial score (nSPS) is 16.6. The predicted octanol–water partition coefficient (Wildman–Crippen LogP) is 1.97. The van der Waals surface area contributed by atoms with Crippen LogP contribution in [0, 0.1) is 10.1 Å². The maximum Gasteiger partial charge on any atom is 0.294 e. The number of halogens is 1. The van der Waals surface area contributed by atoms with Crippen molar-refractivity contribution in [3.63, 3.8) is 0 Å². The average molecular weight is 285 g/mol. The van der Waals surface area contributed by atoms with E-state index in [2.05, 4.69) is 11.8 Å². The van der Waals surface area contributed by atoms with Gasteiger partial charge in [0.25, 0.3) is 5.69 Å². The van der Waals surface area contributed by atoms with E-state index in [1.807, 2.05) is 4.90 Å². The molecule has 6 nitrogen and oxygen atoms in total. The Labute approximate surface area is 116 Å². The molecule has 1 saturated heterocycles. The van der Waals surface area contributed by atoms with Gasteiger partial charge in [-0.3, -0.25) is 10.1 Å². The predicted molar refractivity (Wildman–Crippen MR) is 76.8 cm³/mol. The number of nitrogens with two attached hydrogens (primary N) is 1. The number of hydrogen-bond donors (Lipinski definition) is 1. The Kier molecular flexibility index (Phi) is 4.11. The number of nitro benzene ring substituents is 1. The SMILES string of the molecule is CCN1CCN(c2cc(N)c(Cl)cc2[N+](=O)[O-])CC1. The molecule has 1 aliphatic heterocycles. The first-order chi connectivity index (χ1) is 9.02. The van der Waals surface area contributed by atoms with Crippen molar-refractivity contribution in [1.82, 2.24) is 4.90 Å². The Balaban J connectivity index is 2.29. The molecule has 0 amide bonds. The molecule has 7 heteroatoms. The Morgan fingerprint density at radius 3 is 2.53 bits per heavy atom. The van der Waals surface area contributed by atoms with E-state index in [4.69, 9.17) is 17.3 Å². The highest BCUT2D eigenvalue weighted by atomic mass is 35.5. The fraction of sp³-hybridized carbons (Fsp3) is 0.500. The van der Waals surface area contributed by atoms with Gasteiger partial charge in [-0.25, -0.2) is 0 Å². The van der Waals surface area contributed by atoms with Crippen LogP contribution in [0.4, 0.5) is 17.1 Å². The van der Waals surface area contributed by atoms with Crippen LogP contribution >= 0.6 is 11.6 Å². The molecule has 0 bridgehead atoms. The first kappa shape index (κ1) is 13.9. The minimum absolute atomic E-state index is 0.0177. The summed E-state index contributed by atoms with van der Waals surface area (Å²) in [5.74, 6) is 0. The molecule has 1 fully saturated rings. The summed E-state index contributed by atoms with van der Waals surface area (Å²) in [7, 11) is 0. The molecule has 0 spiro atoms. The minimum Gasteiger partial charge on any atom is -0.397 e. The zero-order chi connectivity index (χ0) is 14.0. The molecule has 0 unspecified atom stereocenters. The van der Waals surface area contributed by atoms with Crippen molar-refractivity contribution in [1.29, 1.82) is 0 Å². The lowest BCUT2D eigenvalue weighted by atomic mass is 10.2. The lowest BCUT2D eigenvalue weighted by Gasteiger charge is -2.35. The number of benzene rings is 1. The highest BCUT2D eigenvalue weighted by Crippen LogP contribution is 2.35. The summed E-state index contributed by atoms with van der Waals surface area (Å²) in [5, 5.41) is 11.3. The maximum absolute atomic E-state index is 11.1. The molecule has 0 aliphatic carbocycles. The highest BCUT2D eigenvalue weighted by Gasteiger charge is 2.24. The standard InChI is InChI=1S/C12H17ClN4O2/c1-2-15-3-5-16(6-4-15)11-8-10(14)9(13)7-12(11)17(18)19/h7-8H,2-6,14H2,1H3. The molecular formula is C12H17ClN4O2. The molecule has 0 atom stereocenters. The van der Waals surface area contributed by atoms with Crippen LogP contribution < -0.4 is 10.6 Å². The van der Waals surface area contributed by atoms with E-state index < -0.39 is 4.92 Å². The zero-order valence-electron chi connectivity index (χ0n) is 10.8. The van der Waals surface area contributed by atoms with E-state index in [9.17, 15) is 10.1 Å². The molecule has 1 aliphatic rings. The summed E-state index contributed by atoms with van der Waals surface area (Å²) in [4.78, 5) is 15.0. The van der Waals surface area contributed by atoms with Crippen molar-refractivity contribution in [2.24, 2.45) is 0 Å². The maximum atomic E-state index is 11.1. The fourth-order valence-corrected chi connectivity index (χ4v) is 2.43. The molecule has 1 aromatic carbocycles. The van der Waals surface area contributed by atoms with Gasteiger partial charge < -0.3 is 15.5 Å². The summed E-state index contributed by atoms with van der Waals surface area (Å²) >= 11 is 5.86. The highest BCUT2D eigenvalue weighted by molar-refractivity contribution is 6.33.